The summed E-state index contributed by atoms with van der Waals surface area (Å²) < 4.78 is 36.4. The Kier molecular flexibility index (Phi) is 41.2. The highest BCUT2D eigenvalue weighted by Gasteiger charge is 2.33. The van der Waals surface area contributed by atoms with Crippen LogP contribution in [0.5, 0.6) is 0 Å². The van der Waals surface area contributed by atoms with Gasteiger partial charge in [-0.1, -0.05) is 187 Å². The molecule has 3 unspecified atom stereocenters. The van der Waals surface area contributed by atoms with E-state index in [0.717, 1.165) is 153 Å². The summed E-state index contributed by atoms with van der Waals surface area (Å²) in [6, 6.07) is 10.2. The summed E-state index contributed by atoms with van der Waals surface area (Å²) in [6.45, 7) is 13.6. The van der Waals surface area contributed by atoms with Crippen molar-refractivity contribution in [2.24, 2.45) is 0 Å². The number of rotatable bonds is 48. The third kappa shape index (κ3) is 36.4. The molecule has 1 aromatic carbocycles. The molecule has 380 valence electrons. The maximum absolute atomic E-state index is 12.6. The van der Waals surface area contributed by atoms with E-state index in [0.29, 0.717) is 33.0 Å². The molecule has 0 amide bonds. The second-order valence-corrected chi connectivity index (χ2v) is 19.0. The Hall–Kier alpha value is -2.36. The van der Waals surface area contributed by atoms with Gasteiger partial charge in [0.15, 0.2) is 0 Å². The highest BCUT2D eigenvalue weighted by Crippen LogP contribution is 2.33. The summed E-state index contributed by atoms with van der Waals surface area (Å²) in [7, 11) is 0. The molecule has 0 aromatic heterocycles. The summed E-state index contributed by atoms with van der Waals surface area (Å²) in [6.07, 6.45) is 34.6. The Balaban J connectivity index is 2.66. The summed E-state index contributed by atoms with van der Waals surface area (Å²) in [5.41, 5.74) is 0.540. The summed E-state index contributed by atoms with van der Waals surface area (Å²) in [5.74, 6) is 0. The van der Waals surface area contributed by atoms with Crippen LogP contribution in [-0.4, -0.2) is 67.8 Å². The van der Waals surface area contributed by atoms with Crippen LogP contribution < -0.4 is 0 Å². The molecule has 65 heavy (non-hydrogen) atoms. The van der Waals surface area contributed by atoms with Gasteiger partial charge in [0, 0.05) is 6.61 Å². The Morgan fingerprint density at radius 3 is 1.54 bits per heavy atom. The lowest BCUT2D eigenvalue weighted by atomic mass is 9.84. The Labute approximate surface area is 399 Å². The van der Waals surface area contributed by atoms with E-state index in [-0.39, 0.29) is 18.3 Å². The largest absolute Gasteiger partial charge is 0.508 e. The molecule has 0 heterocycles. The minimum Gasteiger partial charge on any atom is -0.450 e. The molecule has 9 nitrogen and oxygen atoms in total. The predicted octanol–water partition coefficient (Wildman–Crippen LogP) is 17.3. The lowest BCUT2D eigenvalue weighted by Crippen LogP contribution is -2.35. The molecule has 1 aromatic rings. The molecule has 0 bridgehead atoms. The van der Waals surface area contributed by atoms with Gasteiger partial charge in [0.1, 0.15) is 17.8 Å². The summed E-state index contributed by atoms with van der Waals surface area (Å²) in [4.78, 5) is 24.6. The molecule has 0 fully saturated rings. The fourth-order valence-corrected chi connectivity index (χ4v) is 8.82. The molecule has 9 heteroatoms. The number of carboxylic acid groups (broad SMARTS) is 1. The number of hydrogen-bond donors (Lipinski definition) is 1. The smallest absolute Gasteiger partial charge is 0.450 e. The van der Waals surface area contributed by atoms with Crippen molar-refractivity contribution < 1.29 is 43.1 Å². The van der Waals surface area contributed by atoms with Gasteiger partial charge in [-0.3, -0.25) is 0 Å². The van der Waals surface area contributed by atoms with Gasteiger partial charge in [0.05, 0.1) is 32.5 Å². The van der Waals surface area contributed by atoms with Crippen LogP contribution in [0.1, 0.15) is 258 Å². The third-order valence-electron chi connectivity index (χ3n) is 12.9. The topological polar surface area (TPSA) is 110 Å². The van der Waals surface area contributed by atoms with Crippen LogP contribution >= 0.6 is 0 Å². The molecule has 0 aliphatic rings. The van der Waals surface area contributed by atoms with Crippen molar-refractivity contribution in [3.8, 4) is 0 Å². The van der Waals surface area contributed by atoms with Gasteiger partial charge in [-0.25, -0.2) is 9.59 Å². The van der Waals surface area contributed by atoms with E-state index < -0.39 is 17.9 Å². The third-order valence-corrected chi connectivity index (χ3v) is 12.9. The first-order valence-corrected chi connectivity index (χ1v) is 27.4. The second kappa shape index (κ2) is 44.2. The first-order chi connectivity index (χ1) is 31.8. The maximum Gasteiger partial charge on any atom is 0.508 e. The van der Waals surface area contributed by atoms with Crippen molar-refractivity contribution in [3.63, 3.8) is 0 Å². The Morgan fingerprint density at radius 1 is 0.492 bits per heavy atom. The molecule has 0 aliphatic carbocycles. The molecule has 1 rings (SSSR count). The zero-order chi connectivity index (χ0) is 47.3. The van der Waals surface area contributed by atoms with Crippen LogP contribution in [0.4, 0.5) is 9.59 Å². The summed E-state index contributed by atoms with van der Waals surface area (Å²) in [5, 5.41) is 9.80. The van der Waals surface area contributed by atoms with Gasteiger partial charge in [-0.05, 0) is 102 Å². The van der Waals surface area contributed by atoms with Gasteiger partial charge < -0.3 is 33.5 Å². The Bertz CT molecular complexity index is 1170. The van der Waals surface area contributed by atoms with E-state index in [4.69, 9.17) is 28.4 Å². The van der Waals surface area contributed by atoms with E-state index in [2.05, 4.69) is 46.8 Å². The van der Waals surface area contributed by atoms with Crippen molar-refractivity contribution in [2.45, 2.75) is 283 Å². The van der Waals surface area contributed by atoms with Crippen molar-refractivity contribution in [2.75, 3.05) is 26.4 Å². The average molecular weight is 919 g/mol. The molecular formula is C56H102O9. The van der Waals surface area contributed by atoms with Crippen molar-refractivity contribution in [1.29, 1.82) is 0 Å². The molecule has 0 aliphatic heterocycles. The molecule has 0 saturated carbocycles. The molecule has 0 saturated heterocycles. The number of carbonyl (C=O) groups is 2. The van der Waals surface area contributed by atoms with E-state index in [1.165, 1.54) is 70.6 Å². The van der Waals surface area contributed by atoms with Gasteiger partial charge >= 0.3 is 12.3 Å². The molecule has 1 N–H and O–H groups in total. The van der Waals surface area contributed by atoms with Crippen LogP contribution in [0, 0.1) is 0 Å². The molecular weight excluding hydrogens is 817 g/mol. The lowest BCUT2D eigenvalue weighted by Gasteiger charge is -2.33. The van der Waals surface area contributed by atoms with Crippen molar-refractivity contribution in [3.05, 3.63) is 35.9 Å². The number of benzene rings is 1. The highest BCUT2D eigenvalue weighted by molar-refractivity contribution is 5.60. The molecule has 0 spiro atoms. The van der Waals surface area contributed by atoms with E-state index in [1.54, 1.807) is 0 Å². The van der Waals surface area contributed by atoms with Crippen LogP contribution in [-0.2, 0) is 35.0 Å². The lowest BCUT2D eigenvalue weighted by molar-refractivity contribution is -0.0841. The average Bonchev–Trinajstić information content (AvgIpc) is 3.30. The second-order valence-electron chi connectivity index (χ2n) is 19.0. The maximum atomic E-state index is 12.6. The zero-order valence-electron chi connectivity index (χ0n) is 42.9. The van der Waals surface area contributed by atoms with Gasteiger partial charge in [0.2, 0.25) is 0 Å². The van der Waals surface area contributed by atoms with E-state index in [9.17, 15) is 14.7 Å². The number of hydrogen-bond acceptors (Lipinski definition) is 8. The Morgan fingerprint density at radius 2 is 0.954 bits per heavy atom. The van der Waals surface area contributed by atoms with Crippen LogP contribution in [0.2, 0.25) is 0 Å². The monoisotopic (exact) mass is 919 g/mol. The zero-order valence-corrected chi connectivity index (χ0v) is 42.9. The molecule has 3 atom stereocenters. The summed E-state index contributed by atoms with van der Waals surface area (Å²) >= 11 is 0. The van der Waals surface area contributed by atoms with Gasteiger partial charge in [0.25, 0.3) is 0 Å². The standard InChI is InChI=1S/C56H102O9/c1-6-11-16-20-21-22-29-41-52(40-28-17-12-7-2)64-55(59)62-46-35-24-23-34-45-61-53(48-60-47-50-36-26-25-27-37-50)49-63-51(38-15-10-5)39-30-33-44-56(65-54(57)58,42-31-18-13-8-3)43-32-19-14-9-4/h25-27,36-37,51-53H,6-24,28-35,38-49H2,1-5H3,(H,57,58). The van der Waals surface area contributed by atoms with E-state index in [1.807, 2.05) is 18.2 Å². The van der Waals surface area contributed by atoms with E-state index >= 15 is 0 Å². The fourth-order valence-electron chi connectivity index (χ4n) is 8.82. The quantitative estimate of drug-likeness (QED) is 0.0505. The van der Waals surface area contributed by atoms with Crippen LogP contribution in [0.3, 0.4) is 0 Å². The highest BCUT2D eigenvalue weighted by atomic mass is 16.7. The minimum atomic E-state index is -1.14. The van der Waals surface area contributed by atoms with Crippen LogP contribution in [0.25, 0.3) is 0 Å². The normalized spacial score (nSPS) is 13.1. The number of unbranched alkanes of at least 4 members (excludes halogenated alkanes) is 20. The van der Waals surface area contributed by atoms with Crippen molar-refractivity contribution in [1.82, 2.24) is 0 Å². The van der Waals surface area contributed by atoms with Gasteiger partial charge in [-0.2, -0.15) is 0 Å². The molecule has 0 radical (unpaired) electrons. The number of ether oxygens (including phenoxy) is 6. The first kappa shape index (κ1) is 60.7. The SMILES string of the molecule is CCCCCCCCCC(CCCCCC)OC(=O)OCCCCCCOC(COCc1ccccc1)COC(CCCC)CCCCC(CCCCCC)(CCCCCC)OC(=O)O. The predicted molar refractivity (Wildman–Crippen MR) is 269 cm³/mol. The first-order valence-electron chi connectivity index (χ1n) is 27.4. The minimum absolute atomic E-state index is 0.0386. The van der Waals surface area contributed by atoms with Crippen molar-refractivity contribution >= 4 is 12.3 Å². The fraction of sp³-hybridized carbons (Fsp3) is 0.857. The van der Waals surface area contributed by atoms with Gasteiger partial charge in [-0.15, -0.1) is 0 Å². The van der Waals surface area contributed by atoms with Crippen LogP contribution in [0.15, 0.2) is 30.3 Å². The number of carbonyl (C=O) groups excluding carboxylic acids is 1.